The maximum absolute atomic E-state index is 11.9. The van der Waals surface area contributed by atoms with Crippen molar-refractivity contribution in [3.8, 4) is 22.3 Å². The number of aliphatic carboxylic acids is 1. The number of carboxylic acid groups (broad SMARTS) is 1. The zero-order valence-electron chi connectivity index (χ0n) is 20.5. The Kier molecular flexibility index (Phi) is 5.64. The summed E-state index contributed by atoms with van der Waals surface area (Å²) in [6.07, 6.45) is -0.768. The van der Waals surface area contributed by atoms with Gasteiger partial charge in [0.25, 0.3) is 0 Å². The smallest absolute Gasteiger partial charge is 0.323 e. The fraction of sp³-hybridized carbons (Fsp3) is 0.121. The van der Waals surface area contributed by atoms with Gasteiger partial charge in [-0.1, -0.05) is 109 Å². The predicted molar refractivity (Wildman–Crippen MR) is 147 cm³/mol. The Labute approximate surface area is 216 Å². The highest BCUT2D eigenvalue weighted by Gasteiger charge is 2.48. The van der Waals surface area contributed by atoms with Crippen LogP contribution in [0.2, 0.25) is 0 Å². The molecule has 3 N–H and O–H groups in total. The van der Waals surface area contributed by atoms with Crippen molar-refractivity contribution in [3.05, 3.63) is 132 Å². The number of hydrogen-bond acceptors (Lipinski definition) is 3. The molecule has 0 heterocycles. The molecule has 0 spiro atoms. The first kappa shape index (κ1) is 23.2. The highest BCUT2D eigenvalue weighted by atomic mass is 16.5. The van der Waals surface area contributed by atoms with Gasteiger partial charge in [0, 0.05) is 16.7 Å². The minimum atomic E-state index is -1.18. The number of ether oxygens (including phenoxy) is 1. The van der Waals surface area contributed by atoms with Crippen LogP contribution in [0.3, 0.4) is 0 Å². The second kappa shape index (κ2) is 9.00. The lowest BCUT2D eigenvalue weighted by Gasteiger charge is -2.37. The molecule has 0 aromatic heterocycles. The predicted octanol–water partition coefficient (Wildman–Crippen LogP) is 6.60. The number of carbonyl (C=O) groups is 1. The van der Waals surface area contributed by atoms with Crippen molar-refractivity contribution >= 4 is 16.7 Å². The largest absolute Gasteiger partial charge is 0.480 e. The molecule has 4 heteroatoms. The summed E-state index contributed by atoms with van der Waals surface area (Å²) >= 11 is 0. The van der Waals surface area contributed by atoms with Crippen molar-refractivity contribution in [3.63, 3.8) is 0 Å². The summed E-state index contributed by atoms with van der Waals surface area (Å²) in [4.78, 5) is 11.9. The number of nitrogens with two attached hydrogens (primary N) is 1. The molecule has 4 nitrogen and oxygen atoms in total. The van der Waals surface area contributed by atoms with Crippen LogP contribution in [0.4, 0.5) is 0 Å². The van der Waals surface area contributed by atoms with Crippen molar-refractivity contribution in [1.82, 2.24) is 0 Å². The molecule has 1 aliphatic rings. The van der Waals surface area contributed by atoms with E-state index in [1.165, 1.54) is 0 Å². The van der Waals surface area contributed by atoms with Crippen LogP contribution in [-0.4, -0.2) is 23.2 Å². The summed E-state index contributed by atoms with van der Waals surface area (Å²) in [5.74, 6) is -1.09. The summed E-state index contributed by atoms with van der Waals surface area (Å²) in [6, 6.07) is 38.2. The molecule has 0 fully saturated rings. The zero-order chi connectivity index (χ0) is 25.6. The molecule has 6 rings (SSSR count). The first-order chi connectivity index (χ1) is 18.0. The van der Waals surface area contributed by atoms with Gasteiger partial charge in [0.05, 0.1) is 6.10 Å². The maximum Gasteiger partial charge on any atom is 0.323 e. The van der Waals surface area contributed by atoms with Crippen molar-refractivity contribution < 1.29 is 14.6 Å². The molecule has 2 unspecified atom stereocenters. The van der Waals surface area contributed by atoms with Crippen LogP contribution >= 0.6 is 0 Å². The standard InChI is InChI=1S/C33H27NO3/c1-21(31(34)32(35)36)37-33(28-17-9-13-23-12-5-6-14-25(23)28)29-16-8-7-15-26(29)27-19-18-24(20-30(27)33)22-10-3-2-4-11-22/h2-21,31H,34H2,1H3,(H,35,36)/t21?,31-,33?/m0/s1. The van der Waals surface area contributed by atoms with E-state index in [9.17, 15) is 9.90 Å². The molecular weight excluding hydrogens is 458 g/mol. The van der Waals surface area contributed by atoms with Gasteiger partial charge in [0.15, 0.2) is 0 Å². The highest BCUT2D eigenvalue weighted by Crippen LogP contribution is 2.55. The van der Waals surface area contributed by atoms with Crippen LogP contribution in [-0.2, 0) is 15.1 Å². The molecule has 5 aromatic rings. The van der Waals surface area contributed by atoms with Crippen LogP contribution in [0, 0.1) is 0 Å². The Morgan fingerprint density at radius 3 is 2.19 bits per heavy atom. The van der Waals surface area contributed by atoms with Gasteiger partial charge in [-0.25, -0.2) is 0 Å². The zero-order valence-corrected chi connectivity index (χ0v) is 20.5. The fourth-order valence-electron chi connectivity index (χ4n) is 5.62. The molecule has 0 saturated heterocycles. The Balaban J connectivity index is 1.70. The quantitative estimate of drug-likeness (QED) is 0.284. The molecule has 182 valence electrons. The molecule has 3 atom stereocenters. The van der Waals surface area contributed by atoms with E-state index in [0.29, 0.717) is 0 Å². The molecule has 0 saturated carbocycles. The Morgan fingerprint density at radius 2 is 1.38 bits per heavy atom. The molecule has 0 aliphatic heterocycles. The van der Waals surface area contributed by atoms with Crippen LogP contribution < -0.4 is 5.73 Å². The Hall–Kier alpha value is -4.25. The fourth-order valence-corrected chi connectivity index (χ4v) is 5.62. The van der Waals surface area contributed by atoms with Gasteiger partial charge in [-0.05, 0) is 46.0 Å². The van der Waals surface area contributed by atoms with E-state index >= 15 is 0 Å². The second-order valence-electron chi connectivity index (χ2n) is 9.57. The summed E-state index contributed by atoms with van der Waals surface area (Å²) in [5.41, 5.74) is 12.3. The average molecular weight is 486 g/mol. The van der Waals surface area contributed by atoms with Crippen molar-refractivity contribution in [2.24, 2.45) is 5.73 Å². The van der Waals surface area contributed by atoms with Gasteiger partial charge in [-0.3, -0.25) is 4.79 Å². The third-order valence-electron chi connectivity index (χ3n) is 7.42. The minimum absolute atomic E-state index is 0.768. The lowest BCUT2D eigenvalue weighted by molar-refractivity contribution is -0.144. The van der Waals surface area contributed by atoms with E-state index in [4.69, 9.17) is 10.5 Å². The van der Waals surface area contributed by atoms with Crippen molar-refractivity contribution in [2.45, 2.75) is 24.7 Å². The molecule has 37 heavy (non-hydrogen) atoms. The Morgan fingerprint density at radius 1 is 0.730 bits per heavy atom. The summed E-state index contributed by atoms with van der Waals surface area (Å²) in [5, 5.41) is 11.9. The molecule has 1 aliphatic carbocycles. The van der Waals surface area contributed by atoms with E-state index in [1.54, 1.807) is 6.92 Å². The van der Waals surface area contributed by atoms with Crippen LogP contribution in [0.15, 0.2) is 115 Å². The monoisotopic (exact) mass is 485 g/mol. The van der Waals surface area contributed by atoms with E-state index in [-0.39, 0.29) is 0 Å². The number of carboxylic acids is 1. The van der Waals surface area contributed by atoms with E-state index in [1.807, 2.05) is 48.5 Å². The van der Waals surface area contributed by atoms with Gasteiger partial charge in [0.1, 0.15) is 11.6 Å². The molecule has 0 radical (unpaired) electrons. The van der Waals surface area contributed by atoms with E-state index in [0.717, 1.165) is 49.7 Å². The van der Waals surface area contributed by atoms with Gasteiger partial charge in [-0.15, -0.1) is 0 Å². The van der Waals surface area contributed by atoms with Crippen molar-refractivity contribution in [1.29, 1.82) is 0 Å². The number of rotatable bonds is 6. The number of fused-ring (bicyclic) bond motifs is 4. The summed E-state index contributed by atoms with van der Waals surface area (Å²) in [7, 11) is 0. The van der Waals surface area contributed by atoms with Crippen LogP contribution in [0.5, 0.6) is 0 Å². The molecule has 5 aromatic carbocycles. The topological polar surface area (TPSA) is 72.5 Å². The van der Waals surface area contributed by atoms with Crippen LogP contribution in [0.25, 0.3) is 33.0 Å². The number of benzene rings is 5. The van der Waals surface area contributed by atoms with E-state index in [2.05, 4.69) is 66.7 Å². The third kappa shape index (κ3) is 3.65. The van der Waals surface area contributed by atoms with E-state index < -0.39 is 23.7 Å². The lowest BCUT2D eigenvalue weighted by atomic mass is 9.80. The minimum Gasteiger partial charge on any atom is -0.480 e. The summed E-state index contributed by atoms with van der Waals surface area (Å²) in [6.45, 7) is 1.74. The maximum atomic E-state index is 11.9. The first-order valence-electron chi connectivity index (χ1n) is 12.4. The van der Waals surface area contributed by atoms with Gasteiger partial charge in [-0.2, -0.15) is 0 Å². The normalized spacial score (nSPS) is 17.7. The number of hydrogen-bond donors (Lipinski definition) is 2. The second-order valence-corrected chi connectivity index (χ2v) is 9.57. The van der Waals surface area contributed by atoms with Gasteiger partial charge < -0.3 is 15.6 Å². The lowest BCUT2D eigenvalue weighted by Crippen LogP contribution is -2.46. The van der Waals surface area contributed by atoms with Gasteiger partial charge >= 0.3 is 5.97 Å². The summed E-state index contributed by atoms with van der Waals surface area (Å²) < 4.78 is 6.95. The average Bonchev–Trinajstić information content (AvgIpc) is 3.22. The first-order valence-corrected chi connectivity index (χ1v) is 12.4. The molecule has 0 bridgehead atoms. The SMILES string of the molecule is CC(OC1(c2cccc3ccccc23)c2ccccc2-c2ccc(-c3ccccc3)cc21)[C@H](N)C(=O)O. The Bertz CT molecular complexity index is 1620. The molecule has 0 amide bonds. The van der Waals surface area contributed by atoms with Crippen molar-refractivity contribution in [2.75, 3.05) is 0 Å². The van der Waals surface area contributed by atoms with Crippen LogP contribution in [0.1, 0.15) is 23.6 Å². The molecular formula is C33H27NO3. The highest BCUT2D eigenvalue weighted by molar-refractivity contribution is 5.92. The third-order valence-corrected chi connectivity index (χ3v) is 7.42. The van der Waals surface area contributed by atoms with Gasteiger partial charge in [0.2, 0.25) is 0 Å².